The third-order valence-corrected chi connectivity index (χ3v) is 4.80. The highest BCUT2D eigenvalue weighted by atomic mass is 32.2. The van der Waals surface area contributed by atoms with E-state index in [1.807, 2.05) is 31.2 Å². The third-order valence-electron chi connectivity index (χ3n) is 3.40. The van der Waals surface area contributed by atoms with Gasteiger partial charge in [-0.2, -0.15) is 4.68 Å². The second-order valence-corrected chi connectivity index (χ2v) is 7.18. The largest absolute Gasteiger partial charge is 0.480 e. The van der Waals surface area contributed by atoms with Gasteiger partial charge in [-0.3, -0.25) is 4.79 Å². The maximum absolute atomic E-state index is 11.0. The van der Waals surface area contributed by atoms with Crippen LogP contribution in [0.5, 0.6) is 0 Å². The number of carboxylic acid groups (broad SMARTS) is 1. The highest BCUT2D eigenvalue weighted by Gasteiger charge is 2.33. The van der Waals surface area contributed by atoms with Gasteiger partial charge in [-0.1, -0.05) is 17.7 Å². The molecule has 8 heteroatoms. The molecule has 0 saturated carbocycles. The van der Waals surface area contributed by atoms with Crippen molar-refractivity contribution in [1.29, 1.82) is 0 Å². The van der Waals surface area contributed by atoms with Crippen LogP contribution in [-0.4, -0.2) is 42.1 Å². The molecule has 0 aliphatic rings. The first kappa shape index (κ1) is 16.4. The summed E-state index contributed by atoms with van der Waals surface area (Å²) in [6, 6.07) is 6.89. The summed E-state index contributed by atoms with van der Waals surface area (Å²) in [5.41, 5.74) is 7.74. The van der Waals surface area contributed by atoms with E-state index in [1.54, 1.807) is 18.5 Å². The van der Waals surface area contributed by atoms with Crippen molar-refractivity contribution in [2.75, 3.05) is 0 Å². The summed E-state index contributed by atoms with van der Waals surface area (Å²) in [4.78, 5) is 11.0. The molecule has 0 aliphatic heterocycles. The van der Waals surface area contributed by atoms with Crippen molar-refractivity contribution >= 4 is 17.7 Å². The number of rotatable bonds is 6. The van der Waals surface area contributed by atoms with Gasteiger partial charge in [-0.05, 0) is 43.3 Å². The molecule has 0 amide bonds. The molecule has 22 heavy (non-hydrogen) atoms. The molecule has 0 bridgehead atoms. The van der Waals surface area contributed by atoms with Crippen molar-refractivity contribution in [2.24, 2.45) is 5.73 Å². The number of hydrogen-bond donors (Lipinski definition) is 2. The van der Waals surface area contributed by atoms with Crippen LogP contribution < -0.4 is 5.73 Å². The fourth-order valence-corrected chi connectivity index (χ4v) is 2.78. The second-order valence-electron chi connectivity index (χ2n) is 5.55. The third kappa shape index (κ3) is 3.63. The van der Waals surface area contributed by atoms with E-state index < -0.39 is 16.8 Å². The Morgan fingerprint density at radius 2 is 2.05 bits per heavy atom. The number of nitrogens with two attached hydrogens (primary N) is 1. The molecule has 0 radical (unpaired) electrons. The number of carboxylic acids is 1. The monoisotopic (exact) mass is 321 g/mol. The maximum atomic E-state index is 11.0. The van der Waals surface area contributed by atoms with Gasteiger partial charge in [0.25, 0.3) is 0 Å². The van der Waals surface area contributed by atoms with Crippen LogP contribution in [0.25, 0.3) is 5.69 Å². The van der Waals surface area contributed by atoms with E-state index in [0.29, 0.717) is 11.6 Å². The van der Waals surface area contributed by atoms with Crippen LogP contribution in [0.15, 0.2) is 24.3 Å². The molecule has 1 unspecified atom stereocenters. The molecule has 3 N–H and O–H groups in total. The van der Waals surface area contributed by atoms with E-state index in [2.05, 4.69) is 15.5 Å². The molecule has 2 rings (SSSR count). The van der Waals surface area contributed by atoms with Crippen LogP contribution >= 0.6 is 11.8 Å². The Bertz CT molecular complexity index is 654. The van der Waals surface area contributed by atoms with Crippen LogP contribution in [0, 0.1) is 6.92 Å². The second kappa shape index (κ2) is 6.45. The van der Waals surface area contributed by atoms with Crippen LogP contribution in [-0.2, 0) is 10.5 Å². The molecule has 118 valence electrons. The summed E-state index contributed by atoms with van der Waals surface area (Å²) in [6.07, 6.45) is 0. The standard InChI is InChI=1S/C14H19N5O2S/c1-9-4-6-10(7-5-9)19-11(16-17-18-19)8-22-14(2,3)12(15)13(20)21/h4-7,12H,8,15H2,1-3H3,(H,20,21). The molecular weight excluding hydrogens is 302 g/mol. The first-order valence-electron chi connectivity index (χ1n) is 6.78. The Hall–Kier alpha value is -1.93. The minimum atomic E-state index is -1.02. The van der Waals surface area contributed by atoms with E-state index in [4.69, 9.17) is 10.8 Å². The number of tetrazole rings is 1. The van der Waals surface area contributed by atoms with Crippen LogP contribution in [0.4, 0.5) is 0 Å². The van der Waals surface area contributed by atoms with Gasteiger partial charge in [0.1, 0.15) is 6.04 Å². The fourth-order valence-electron chi connectivity index (χ4n) is 1.82. The van der Waals surface area contributed by atoms with Gasteiger partial charge in [-0.25, -0.2) is 0 Å². The highest BCUT2D eigenvalue weighted by molar-refractivity contribution is 7.99. The minimum absolute atomic E-state index is 0.467. The van der Waals surface area contributed by atoms with Gasteiger partial charge >= 0.3 is 5.97 Å². The molecule has 0 spiro atoms. The number of benzene rings is 1. The average molecular weight is 321 g/mol. The van der Waals surface area contributed by atoms with E-state index in [0.717, 1.165) is 11.3 Å². The van der Waals surface area contributed by atoms with Crippen LogP contribution in [0.3, 0.4) is 0 Å². The Labute approximate surface area is 132 Å². The van der Waals surface area contributed by atoms with Gasteiger partial charge in [0, 0.05) is 4.75 Å². The fraction of sp³-hybridized carbons (Fsp3) is 0.429. The number of thioether (sulfide) groups is 1. The van der Waals surface area contributed by atoms with Crippen molar-refractivity contribution in [2.45, 2.75) is 37.3 Å². The predicted molar refractivity (Wildman–Crippen MR) is 84.9 cm³/mol. The molecular formula is C14H19N5O2S. The normalized spacial score (nSPS) is 13.1. The molecule has 0 saturated heterocycles. The number of aromatic nitrogens is 4. The van der Waals surface area contributed by atoms with Gasteiger partial charge < -0.3 is 10.8 Å². The number of carbonyl (C=O) groups is 1. The van der Waals surface area contributed by atoms with Crippen molar-refractivity contribution in [1.82, 2.24) is 20.2 Å². The number of aryl methyl sites for hydroxylation is 1. The van der Waals surface area contributed by atoms with Crippen molar-refractivity contribution in [3.8, 4) is 5.69 Å². The summed E-state index contributed by atoms with van der Waals surface area (Å²) in [6.45, 7) is 5.61. The topological polar surface area (TPSA) is 107 Å². The lowest BCUT2D eigenvalue weighted by atomic mass is 10.1. The van der Waals surface area contributed by atoms with E-state index in [1.165, 1.54) is 11.8 Å². The van der Waals surface area contributed by atoms with Gasteiger partial charge in [0.15, 0.2) is 5.82 Å². The Morgan fingerprint density at radius 1 is 1.41 bits per heavy atom. The number of nitrogens with zero attached hydrogens (tertiary/aromatic N) is 4. The first-order valence-corrected chi connectivity index (χ1v) is 7.76. The molecule has 1 atom stereocenters. The summed E-state index contributed by atoms with van der Waals surface area (Å²) in [5, 5.41) is 20.8. The Kier molecular flexibility index (Phi) is 4.82. The zero-order valence-corrected chi connectivity index (χ0v) is 13.5. The first-order chi connectivity index (χ1) is 10.3. The molecule has 7 nitrogen and oxygen atoms in total. The molecule has 0 aliphatic carbocycles. The molecule has 0 fully saturated rings. The smallest absolute Gasteiger partial charge is 0.321 e. The van der Waals surface area contributed by atoms with Gasteiger partial charge in [-0.15, -0.1) is 16.9 Å². The summed E-state index contributed by atoms with van der Waals surface area (Å²) < 4.78 is 1.02. The Balaban J connectivity index is 2.14. The number of aliphatic carboxylic acids is 1. The predicted octanol–water partition coefficient (Wildman–Crippen LogP) is 1.39. The summed E-state index contributed by atoms with van der Waals surface area (Å²) >= 11 is 1.42. The lowest BCUT2D eigenvalue weighted by Gasteiger charge is -2.27. The lowest BCUT2D eigenvalue weighted by Crippen LogP contribution is -2.46. The van der Waals surface area contributed by atoms with Crippen LogP contribution in [0.2, 0.25) is 0 Å². The highest BCUT2D eigenvalue weighted by Crippen LogP contribution is 2.30. The Morgan fingerprint density at radius 3 is 2.64 bits per heavy atom. The zero-order chi connectivity index (χ0) is 16.3. The lowest BCUT2D eigenvalue weighted by molar-refractivity contribution is -0.139. The molecule has 2 aromatic rings. The summed E-state index contributed by atoms with van der Waals surface area (Å²) in [5.74, 6) is 0.102. The van der Waals surface area contributed by atoms with Gasteiger partial charge in [0.2, 0.25) is 0 Å². The van der Waals surface area contributed by atoms with E-state index in [-0.39, 0.29) is 0 Å². The van der Waals surface area contributed by atoms with Crippen molar-refractivity contribution in [3.63, 3.8) is 0 Å². The van der Waals surface area contributed by atoms with Gasteiger partial charge in [0.05, 0.1) is 11.4 Å². The minimum Gasteiger partial charge on any atom is -0.480 e. The SMILES string of the molecule is Cc1ccc(-n2nnnc2CSC(C)(C)C(N)C(=O)O)cc1. The van der Waals surface area contributed by atoms with E-state index in [9.17, 15) is 4.79 Å². The zero-order valence-electron chi connectivity index (χ0n) is 12.7. The maximum Gasteiger partial charge on any atom is 0.321 e. The van der Waals surface area contributed by atoms with Crippen molar-refractivity contribution < 1.29 is 9.90 Å². The average Bonchev–Trinajstić information content (AvgIpc) is 2.93. The van der Waals surface area contributed by atoms with Crippen molar-refractivity contribution in [3.05, 3.63) is 35.7 Å². The molecule has 1 aromatic carbocycles. The quantitative estimate of drug-likeness (QED) is 0.828. The summed E-state index contributed by atoms with van der Waals surface area (Å²) in [7, 11) is 0. The molecule has 1 aromatic heterocycles. The molecule has 1 heterocycles. The van der Waals surface area contributed by atoms with E-state index >= 15 is 0 Å². The van der Waals surface area contributed by atoms with Crippen LogP contribution in [0.1, 0.15) is 25.2 Å². The number of hydrogen-bond acceptors (Lipinski definition) is 6.